The number of carbonyl (C=O) groups is 2. The molecule has 0 radical (unpaired) electrons. The van der Waals surface area contributed by atoms with Crippen molar-refractivity contribution in [1.29, 1.82) is 0 Å². The number of fused-ring (bicyclic) bond motifs is 1. The van der Waals surface area contributed by atoms with Crippen molar-refractivity contribution in [2.24, 2.45) is 10.2 Å². The van der Waals surface area contributed by atoms with E-state index in [1.165, 1.54) is 7.11 Å². The number of phenolic OH excluding ortho intramolecular Hbond substituents is 1. The minimum absolute atomic E-state index is 0.0194. The van der Waals surface area contributed by atoms with Gasteiger partial charge in [-0.15, -0.1) is 10.2 Å². The molecule has 0 saturated carbocycles. The van der Waals surface area contributed by atoms with Gasteiger partial charge in [0, 0.05) is 22.8 Å². The molecular weight excluding hydrogens is 520 g/mol. The Morgan fingerprint density at radius 1 is 0.659 bits per heavy atom. The van der Waals surface area contributed by atoms with E-state index in [2.05, 4.69) is 20.9 Å². The number of hydrogen-bond donors (Lipinski definition) is 3. The highest BCUT2D eigenvalue weighted by molar-refractivity contribution is 6.12. The van der Waals surface area contributed by atoms with Gasteiger partial charge in [0.1, 0.15) is 17.2 Å². The predicted molar refractivity (Wildman–Crippen MR) is 158 cm³/mol. The molecule has 5 aromatic rings. The Morgan fingerprint density at radius 2 is 1.34 bits per heavy atom. The first-order valence-corrected chi connectivity index (χ1v) is 12.6. The predicted octanol–water partition coefficient (Wildman–Crippen LogP) is 7.48. The van der Waals surface area contributed by atoms with Gasteiger partial charge in [-0.25, -0.2) is 0 Å². The molecule has 3 N–H and O–H groups in total. The molecule has 0 atom stereocenters. The number of azo groups is 1. The molecule has 0 aromatic heterocycles. The largest absolute Gasteiger partial charge is 0.505 e. The van der Waals surface area contributed by atoms with Crippen LogP contribution in [0.2, 0.25) is 0 Å². The van der Waals surface area contributed by atoms with Crippen molar-refractivity contribution in [3.63, 3.8) is 0 Å². The summed E-state index contributed by atoms with van der Waals surface area (Å²) in [5.41, 5.74) is 1.77. The topological polar surface area (TPSA) is 122 Å². The van der Waals surface area contributed by atoms with Gasteiger partial charge < -0.3 is 25.2 Å². The number of nitrogens with one attached hydrogen (secondary N) is 2. The fourth-order valence-electron chi connectivity index (χ4n) is 4.22. The molecule has 0 fully saturated rings. The van der Waals surface area contributed by atoms with Crippen LogP contribution in [0.5, 0.6) is 17.2 Å². The van der Waals surface area contributed by atoms with Crippen LogP contribution in [0.4, 0.5) is 22.7 Å². The number of aromatic hydroxyl groups is 1. The monoisotopic (exact) mass is 546 g/mol. The maximum Gasteiger partial charge on any atom is 0.259 e. The minimum atomic E-state index is -0.530. The molecule has 0 aliphatic heterocycles. The van der Waals surface area contributed by atoms with E-state index < -0.39 is 5.91 Å². The van der Waals surface area contributed by atoms with E-state index in [9.17, 15) is 14.7 Å². The van der Waals surface area contributed by atoms with Crippen LogP contribution >= 0.6 is 0 Å². The Bertz CT molecular complexity index is 1770. The Balaban J connectivity index is 1.48. The van der Waals surface area contributed by atoms with E-state index in [1.54, 1.807) is 98.1 Å². The molecule has 0 bridgehead atoms. The van der Waals surface area contributed by atoms with Crippen molar-refractivity contribution in [2.75, 3.05) is 24.9 Å². The lowest BCUT2D eigenvalue weighted by Crippen LogP contribution is -2.12. The van der Waals surface area contributed by atoms with Crippen LogP contribution in [0, 0.1) is 0 Å². The van der Waals surface area contributed by atoms with E-state index >= 15 is 0 Å². The molecule has 2 amide bonds. The first-order valence-electron chi connectivity index (χ1n) is 12.6. The number of rotatable bonds is 8. The Hall–Kier alpha value is -5.70. The van der Waals surface area contributed by atoms with Crippen LogP contribution in [0.15, 0.2) is 113 Å². The Labute approximate surface area is 236 Å². The van der Waals surface area contributed by atoms with Gasteiger partial charge in [-0.2, -0.15) is 0 Å². The van der Waals surface area contributed by atoms with Gasteiger partial charge in [-0.05, 0) is 60.0 Å². The summed E-state index contributed by atoms with van der Waals surface area (Å²) in [7, 11) is 3.10. The van der Waals surface area contributed by atoms with Crippen molar-refractivity contribution >= 4 is 45.3 Å². The third-order valence-corrected chi connectivity index (χ3v) is 6.32. The van der Waals surface area contributed by atoms with Crippen LogP contribution in [0.1, 0.15) is 20.7 Å². The fourth-order valence-corrected chi connectivity index (χ4v) is 4.22. The number of amides is 2. The summed E-state index contributed by atoms with van der Waals surface area (Å²) in [6.07, 6.45) is 0. The molecule has 0 aliphatic rings. The number of carbonyl (C=O) groups excluding carboxylic acids is 2. The first kappa shape index (κ1) is 26.9. The summed E-state index contributed by atoms with van der Waals surface area (Å²) in [6, 6.07) is 29.4. The SMILES string of the molecule is COc1ccc(NC(=O)c2ccccc2N=Nc2c(O)c(C(=O)Nc3cccc(OC)c3)cc3ccccc23)cc1. The van der Waals surface area contributed by atoms with Crippen molar-refractivity contribution in [3.8, 4) is 17.2 Å². The zero-order chi connectivity index (χ0) is 28.8. The molecule has 5 rings (SSSR count). The lowest BCUT2D eigenvalue weighted by atomic mass is 10.0. The molecule has 9 nitrogen and oxygen atoms in total. The average Bonchev–Trinajstić information content (AvgIpc) is 3.01. The maximum atomic E-state index is 13.2. The second kappa shape index (κ2) is 12.0. The third kappa shape index (κ3) is 5.99. The fraction of sp³-hybridized carbons (Fsp3) is 0.0625. The highest BCUT2D eigenvalue weighted by Crippen LogP contribution is 2.40. The van der Waals surface area contributed by atoms with E-state index in [-0.39, 0.29) is 34.2 Å². The van der Waals surface area contributed by atoms with E-state index in [0.29, 0.717) is 33.6 Å². The standard InChI is InChI=1S/C32H26N4O5/c1-40-23-16-14-21(15-17-23)33-31(38)26-12-5-6-13-28(26)35-36-29-25-11-4-3-8-20(25)18-27(30(29)37)32(39)34-22-9-7-10-24(19-22)41-2/h3-19,37H,1-2H3,(H,33,38)(H,34,39). The number of phenols is 1. The van der Waals surface area contributed by atoms with Gasteiger partial charge in [-0.3, -0.25) is 9.59 Å². The maximum absolute atomic E-state index is 13.2. The number of anilines is 2. The third-order valence-electron chi connectivity index (χ3n) is 6.32. The van der Waals surface area contributed by atoms with Crippen LogP contribution in [0.3, 0.4) is 0 Å². The van der Waals surface area contributed by atoms with E-state index in [4.69, 9.17) is 9.47 Å². The normalized spacial score (nSPS) is 10.9. The van der Waals surface area contributed by atoms with Crippen molar-refractivity contribution in [3.05, 3.63) is 114 Å². The van der Waals surface area contributed by atoms with Gasteiger partial charge in [0.25, 0.3) is 11.8 Å². The minimum Gasteiger partial charge on any atom is -0.505 e. The number of methoxy groups -OCH3 is 2. The second-order valence-corrected chi connectivity index (χ2v) is 8.93. The van der Waals surface area contributed by atoms with Crippen LogP contribution in [0.25, 0.3) is 10.8 Å². The molecule has 0 saturated heterocycles. The molecule has 204 valence electrons. The quantitative estimate of drug-likeness (QED) is 0.174. The van der Waals surface area contributed by atoms with Crippen molar-refractivity contribution in [1.82, 2.24) is 0 Å². The molecule has 0 heterocycles. The zero-order valence-electron chi connectivity index (χ0n) is 22.3. The van der Waals surface area contributed by atoms with Crippen LogP contribution in [-0.2, 0) is 0 Å². The number of benzene rings is 5. The number of ether oxygens (including phenoxy) is 2. The lowest BCUT2D eigenvalue weighted by Gasteiger charge is -2.12. The van der Waals surface area contributed by atoms with Crippen molar-refractivity contribution < 1.29 is 24.2 Å². The summed E-state index contributed by atoms with van der Waals surface area (Å²) in [5, 5.41) is 26.7. The van der Waals surface area contributed by atoms with Gasteiger partial charge in [0.2, 0.25) is 0 Å². The van der Waals surface area contributed by atoms with Crippen LogP contribution < -0.4 is 20.1 Å². The van der Waals surface area contributed by atoms with Gasteiger partial charge in [0.15, 0.2) is 5.75 Å². The lowest BCUT2D eigenvalue weighted by molar-refractivity contribution is 0.101. The zero-order valence-corrected chi connectivity index (χ0v) is 22.3. The smallest absolute Gasteiger partial charge is 0.259 e. The molecule has 0 unspecified atom stereocenters. The second-order valence-electron chi connectivity index (χ2n) is 8.93. The van der Waals surface area contributed by atoms with Gasteiger partial charge >= 0.3 is 0 Å². The van der Waals surface area contributed by atoms with Crippen molar-refractivity contribution in [2.45, 2.75) is 0 Å². The summed E-state index contributed by atoms with van der Waals surface area (Å²) < 4.78 is 10.4. The first-order chi connectivity index (χ1) is 20.0. The molecule has 9 heteroatoms. The summed E-state index contributed by atoms with van der Waals surface area (Å²) in [5.74, 6) is -0.00573. The van der Waals surface area contributed by atoms with Crippen LogP contribution in [-0.4, -0.2) is 31.1 Å². The average molecular weight is 547 g/mol. The Kier molecular flexibility index (Phi) is 7.87. The summed E-state index contributed by atoms with van der Waals surface area (Å²) in [4.78, 5) is 26.3. The Morgan fingerprint density at radius 3 is 2.12 bits per heavy atom. The molecule has 0 spiro atoms. The highest BCUT2D eigenvalue weighted by atomic mass is 16.5. The molecule has 41 heavy (non-hydrogen) atoms. The van der Waals surface area contributed by atoms with E-state index in [0.717, 1.165) is 0 Å². The van der Waals surface area contributed by atoms with Gasteiger partial charge in [-0.1, -0.05) is 42.5 Å². The van der Waals surface area contributed by atoms with Gasteiger partial charge in [0.05, 0.1) is 31.0 Å². The molecule has 0 aliphatic carbocycles. The number of nitrogens with zero attached hydrogens (tertiary/aromatic N) is 2. The number of hydrogen-bond acceptors (Lipinski definition) is 7. The summed E-state index contributed by atoms with van der Waals surface area (Å²) >= 11 is 0. The molecule has 5 aromatic carbocycles. The van der Waals surface area contributed by atoms with E-state index in [1.807, 2.05) is 12.1 Å². The summed E-state index contributed by atoms with van der Waals surface area (Å²) in [6.45, 7) is 0. The molecular formula is C32H26N4O5. The highest BCUT2D eigenvalue weighted by Gasteiger charge is 2.19.